The van der Waals surface area contributed by atoms with Crippen LogP contribution in [0.3, 0.4) is 0 Å². The van der Waals surface area contributed by atoms with Crippen molar-refractivity contribution in [2.45, 2.75) is 57.7 Å². The van der Waals surface area contributed by atoms with Crippen LogP contribution in [0.2, 0.25) is 0 Å². The highest BCUT2D eigenvalue weighted by molar-refractivity contribution is 7.79. The molecule has 1 heterocycles. The Bertz CT molecular complexity index is 987. The predicted molar refractivity (Wildman–Crippen MR) is 135 cm³/mol. The summed E-state index contributed by atoms with van der Waals surface area (Å²) in [6.45, 7) is 4.29. The number of carbonyl (C=O) groups excluding carboxylic acids is 2. The normalized spacial score (nSPS) is 18.3. The van der Waals surface area contributed by atoms with Crippen LogP contribution in [-0.4, -0.2) is 42.6 Å². The number of methoxy groups -OCH3 is 1. The molecule has 1 N–H and O–H groups in total. The van der Waals surface area contributed by atoms with E-state index in [9.17, 15) is 9.59 Å². The van der Waals surface area contributed by atoms with Crippen LogP contribution in [0.4, 0.5) is 5.69 Å². The van der Waals surface area contributed by atoms with Crippen LogP contribution in [0.1, 0.15) is 48.8 Å². The fourth-order valence-electron chi connectivity index (χ4n) is 5.39. The highest BCUT2D eigenvalue weighted by atomic mass is 31.2. The minimum Gasteiger partial charge on any atom is -0.497 e. The molecule has 1 saturated carbocycles. The first-order valence-corrected chi connectivity index (χ1v) is 14.3. The van der Waals surface area contributed by atoms with Crippen LogP contribution >= 0.6 is 7.26 Å². The maximum Gasteiger partial charge on any atom is 0.344 e. The Morgan fingerprint density at radius 3 is 2.21 bits per heavy atom. The van der Waals surface area contributed by atoms with Gasteiger partial charge in [-0.05, 0) is 61.9 Å². The summed E-state index contributed by atoms with van der Waals surface area (Å²) in [7, 11) is -0.157. The molecular formula is C27H35NO4P+. The number of rotatable bonds is 8. The molecule has 2 fully saturated rings. The van der Waals surface area contributed by atoms with E-state index >= 15 is 0 Å². The van der Waals surface area contributed by atoms with Crippen LogP contribution in [0.5, 0.6) is 5.75 Å². The van der Waals surface area contributed by atoms with E-state index in [0.717, 1.165) is 66.1 Å². The first kappa shape index (κ1) is 23.8. The third-order valence-electron chi connectivity index (χ3n) is 7.38. The van der Waals surface area contributed by atoms with E-state index in [1.807, 2.05) is 56.3 Å². The van der Waals surface area contributed by atoms with E-state index in [1.165, 1.54) is 6.42 Å². The second-order valence-corrected chi connectivity index (χ2v) is 13.9. The molecule has 0 atom stereocenters. The zero-order chi connectivity index (χ0) is 23.5. The van der Waals surface area contributed by atoms with Crippen molar-refractivity contribution in [1.29, 1.82) is 0 Å². The van der Waals surface area contributed by atoms with Crippen molar-refractivity contribution in [2.24, 2.45) is 0 Å². The van der Waals surface area contributed by atoms with Gasteiger partial charge >= 0.3 is 5.97 Å². The third-order valence-corrected chi connectivity index (χ3v) is 13.1. The maximum atomic E-state index is 13.8. The lowest BCUT2D eigenvalue weighted by molar-refractivity contribution is -0.141. The smallest absolute Gasteiger partial charge is 0.344 e. The number of hydrogen-bond donors (Lipinski definition) is 1. The molecule has 0 radical (unpaired) electrons. The van der Waals surface area contributed by atoms with E-state index in [2.05, 4.69) is 5.32 Å². The number of hydrogen-bond acceptors (Lipinski definition) is 4. The second kappa shape index (κ2) is 9.85. The van der Waals surface area contributed by atoms with Crippen LogP contribution in [0, 0.1) is 13.8 Å². The third kappa shape index (κ3) is 4.94. The fraction of sp³-hybridized carbons (Fsp3) is 0.481. The molecule has 4 rings (SSSR count). The first-order valence-electron chi connectivity index (χ1n) is 11.9. The van der Waals surface area contributed by atoms with Gasteiger partial charge in [0.2, 0.25) is 0 Å². The quantitative estimate of drug-likeness (QED) is 0.397. The Morgan fingerprint density at radius 2 is 1.64 bits per heavy atom. The van der Waals surface area contributed by atoms with E-state index in [0.29, 0.717) is 12.8 Å². The predicted octanol–water partition coefficient (Wildman–Crippen LogP) is 5.73. The highest BCUT2D eigenvalue weighted by Gasteiger charge is 2.71. The summed E-state index contributed by atoms with van der Waals surface area (Å²) in [5, 5.41) is 2.89. The molecule has 1 aliphatic carbocycles. The summed E-state index contributed by atoms with van der Waals surface area (Å²) in [6, 6.07) is 13.7. The van der Waals surface area contributed by atoms with Gasteiger partial charge < -0.3 is 14.8 Å². The molecule has 0 unspecified atom stereocenters. The standard InChI is InChI=1S/C27H34NO4P/c1-20-16-23(31-3)17-21(2)25(20)28-26(30)27(12-13-27)33(14-8-5-9-15-33)19-24(29)32-18-22-10-6-4-7-11-22/h4,6-7,10-11,16-17H,5,8-9,12-15,18-19H2,1-3H3/p+1. The first-order chi connectivity index (χ1) is 15.9. The van der Waals surface area contributed by atoms with Crippen molar-refractivity contribution in [3.8, 4) is 5.75 Å². The SMILES string of the molecule is COc1cc(C)c(NC(=O)C2([P+]3(CC(=O)OCc4ccccc4)CCCCC3)CC2)c(C)c1. The van der Waals surface area contributed by atoms with E-state index in [4.69, 9.17) is 9.47 Å². The number of amides is 1. The second-order valence-electron chi connectivity index (χ2n) is 9.58. The lowest BCUT2D eigenvalue weighted by Crippen LogP contribution is -2.39. The van der Waals surface area contributed by atoms with Gasteiger partial charge in [0.25, 0.3) is 5.91 Å². The van der Waals surface area contributed by atoms with Crippen molar-refractivity contribution in [1.82, 2.24) is 0 Å². The molecule has 0 bridgehead atoms. The average molecular weight is 469 g/mol. The van der Waals surface area contributed by atoms with Gasteiger partial charge in [-0.3, -0.25) is 4.79 Å². The molecule has 2 aliphatic rings. The minimum absolute atomic E-state index is 0.102. The average Bonchev–Trinajstić information content (AvgIpc) is 3.64. The van der Waals surface area contributed by atoms with Crippen molar-refractivity contribution in [2.75, 3.05) is 30.9 Å². The van der Waals surface area contributed by atoms with Gasteiger partial charge in [0, 0.05) is 25.8 Å². The van der Waals surface area contributed by atoms with Gasteiger partial charge in [-0.25, -0.2) is 4.79 Å². The van der Waals surface area contributed by atoms with E-state index in [1.54, 1.807) is 7.11 Å². The molecule has 1 saturated heterocycles. The zero-order valence-electron chi connectivity index (χ0n) is 20.0. The summed E-state index contributed by atoms with van der Waals surface area (Å²) in [4.78, 5) is 26.7. The Labute approximate surface area is 197 Å². The molecule has 6 heteroatoms. The maximum absolute atomic E-state index is 13.8. The van der Waals surface area contributed by atoms with Gasteiger partial charge in [-0.2, -0.15) is 0 Å². The molecular weight excluding hydrogens is 433 g/mol. The number of esters is 1. The number of aryl methyl sites for hydroxylation is 2. The summed E-state index contributed by atoms with van der Waals surface area (Å²) >= 11 is 0. The van der Waals surface area contributed by atoms with Crippen LogP contribution < -0.4 is 10.1 Å². The van der Waals surface area contributed by atoms with E-state index in [-0.39, 0.29) is 17.0 Å². The molecule has 2 aromatic carbocycles. The van der Waals surface area contributed by atoms with Crippen molar-refractivity contribution in [3.63, 3.8) is 0 Å². The van der Waals surface area contributed by atoms with Crippen LogP contribution in [0.15, 0.2) is 42.5 Å². The number of carbonyl (C=O) groups is 2. The molecule has 1 aliphatic heterocycles. The zero-order valence-corrected chi connectivity index (χ0v) is 20.9. The number of benzene rings is 2. The number of nitrogens with one attached hydrogen (secondary N) is 1. The summed E-state index contributed by atoms with van der Waals surface area (Å²) in [5.74, 6) is 0.747. The molecule has 0 spiro atoms. The van der Waals surface area contributed by atoms with Gasteiger partial charge in [0.1, 0.15) is 12.4 Å². The topological polar surface area (TPSA) is 64.6 Å². The van der Waals surface area contributed by atoms with Crippen molar-refractivity contribution >= 4 is 24.8 Å². The van der Waals surface area contributed by atoms with Gasteiger partial charge in [-0.1, -0.05) is 30.3 Å². The summed E-state index contributed by atoms with van der Waals surface area (Å²) in [6.07, 6.45) is 7.62. The molecule has 2 aromatic rings. The van der Waals surface area contributed by atoms with Crippen molar-refractivity contribution in [3.05, 3.63) is 59.2 Å². The van der Waals surface area contributed by atoms with Gasteiger partial charge in [-0.15, -0.1) is 0 Å². The molecule has 176 valence electrons. The Balaban J connectivity index is 1.51. The Kier molecular flexibility index (Phi) is 7.09. The Hall–Kier alpha value is -2.39. The largest absolute Gasteiger partial charge is 0.497 e. The highest BCUT2D eigenvalue weighted by Crippen LogP contribution is 2.79. The number of ether oxygens (including phenoxy) is 2. The van der Waals surface area contributed by atoms with Gasteiger partial charge in [0.05, 0.1) is 19.4 Å². The molecule has 33 heavy (non-hydrogen) atoms. The lowest BCUT2D eigenvalue weighted by Gasteiger charge is -2.36. The van der Waals surface area contributed by atoms with Gasteiger partial charge in [0.15, 0.2) is 11.3 Å². The lowest BCUT2D eigenvalue weighted by atomic mass is 10.1. The molecule has 1 amide bonds. The van der Waals surface area contributed by atoms with Crippen molar-refractivity contribution < 1.29 is 19.1 Å². The Morgan fingerprint density at radius 1 is 1.00 bits per heavy atom. The summed E-state index contributed by atoms with van der Waals surface area (Å²) < 4.78 is 11.1. The van der Waals surface area contributed by atoms with Crippen LogP contribution in [-0.2, 0) is 20.9 Å². The summed E-state index contributed by atoms with van der Waals surface area (Å²) in [5.41, 5.74) is 3.85. The molecule has 0 aromatic heterocycles. The monoisotopic (exact) mass is 468 g/mol. The van der Waals surface area contributed by atoms with Crippen LogP contribution in [0.25, 0.3) is 0 Å². The number of anilines is 1. The molecule has 5 nitrogen and oxygen atoms in total. The fourth-order valence-corrected chi connectivity index (χ4v) is 10.9. The van der Waals surface area contributed by atoms with E-state index < -0.39 is 7.26 Å². The minimum atomic E-state index is -1.81.